The molecule has 2 aromatic rings. The maximum absolute atomic E-state index is 13.0. The van der Waals surface area contributed by atoms with Crippen LogP contribution >= 0.6 is 15.9 Å². The summed E-state index contributed by atoms with van der Waals surface area (Å²) in [6.45, 7) is 3.18. The van der Waals surface area contributed by atoms with Crippen molar-refractivity contribution in [2.75, 3.05) is 7.11 Å². The molecule has 1 aromatic carbocycles. The molecule has 0 saturated heterocycles. The molecule has 28 heavy (non-hydrogen) atoms. The zero-order valence-electron chi connectivity index (χ0n) is 15.5. The lowest BCUT2D eigenvalue weighted by atomic mass is 9.87. The van der Waals surface area contributed by atoms with E-state index in [-0.39, 0.29) is 33.8 Å². The van der Waals surface area contributed by atoms with Crippen molar-refractivity contribution in [1.29, 1.82) is 0 Å². The summed E-state index contributed by atoms with van der Waals surface area (Å²) in [6, 6.07) is 7.47. The van der Waals surface area contributed by atoms with Gasteiger partial charge in [0.15, 0.2) is 5.78 Å². The van der Waals surface area contributed by atoms with E-state index in [0.29, 0.717) is 11.3 Å². The van der Waals surface area contributed by atoms with Crippen molar-refractivity contribution in [1.82, 2.24) is 5.32 Å². The number of allylic oxidation sites excluding steroid dienone is 2. The van der Waals surface area contributed by atoms with Crippen LogP contribution in [0.2, 0.25) is 0 Å². The minimum absolute atomic E-state index is 0.0175. The molecule has 7 nitrogen and oxygen atoms in total. The number of hydrogen-bond donors (Lipinski definition) is 1. The zero-order valence-corrected chi connectivity index (χ0v) is 17.0. The number of rotatable bonds is 4. The Morgan fingerprint density at radius 1 is 1.14 bits per heavy atom. The average Bonchev–Trinajstić information content (AvgIpc) is 2.68. The van der Waals surface area contributed by atoms with E-state index in [1.54, 1.807) is 0 Å². The van der Waals surface area contributed by atoms with Gasteiger partial charge in [0.1, 0.15) is 11.1 Å². The Labute approximate surface area is 169 Å². The molecule has 1 heterocycles. The van der Waals surface area contributed by atoms with E-state index >= 15 is 0 Å². The largest absolute Gasteiger partial charge is 0.618 e. The highest BCUT2D eigenvalue weighted by Gasteiger charge is 2.38. The SMILES string of the molecule is COC(=O)c1c2c(c(C)[n+]([O-])c1C)C(=O)C(NCc1ccc(Br)cc1)=CC2=O. The van der Waals surface area contributed by atoms with E-state index < -0.39 is 17.5 Å². The third-order valence-electron chi connectivity index (χ3n) is 4.61. The van der Waals surface area contributed by atoms with Crippen molar-refractivity contribution in [3.63, 3.8) is 0 Å². The Morgan fingerprint density at radius 3 is 2.39 bits per heavy atom. The van der Waals surface area contributed by atoms with E-state index in [9.17, 15) is 19.6 Å². The first-order valence-corrected chi connectivity index (χ1v) is 9.19. The number of Topliss-reactive ketones (excluding diaryl/α,β-unsaturated/α-hetero) is 1. The van der Waals surface area contributed by atoms with Crippen LogP contribution in [-0.2, 0) is 11.3 Å². The molecule has 0 amide bonds. The van der Waals surface area contributed by atoms with Gasteiger partial charge in [-0.3, -0.25) is 9.59 Å². The molecule has 0 aliphatic heterocycles. The monoisotopic (exact) mass is 444 g/mol. The first-order valence-electron chi connectivity index (χ1n) is 8.40. The van der Waals surface area contributed by atoms with Crippen molar-refractivity contribution < 1.29 is 23.9 Å². The number of fused-ring (bicyclic) bond motifs is 1. The summed E-state index contributed by atoms with van der Waals surface area (Å²) in [5.74, 6) is -1.88. The summed E-state index contributed by atoms with van der Waals surface area (Å²) in [6.07, 6.45) is 1.16. The summed E-state index contributed by atoms with van der Waals surface area (Å²) >= 11 is 3.35. The number of ether oxygens (including phenoxy) is 1. The number of hydrogen-bond acceptors (Lipinski definition) is 6. The van der Waals surface area contributed by atoms with E-state index in [1.165, 1.54) is 13.8 Å². The highest BCUT2D eigenvalue weighted by atomic mass is 79.9. The van der Waals surface area contributed by atoms with Crippen molar-refractivity contribution in [2.24, 2.45) is 0 Å². The fourth-order valence-electron chi connectivity index (χ4n) is 3.15. The number of carbonyl (C=O) groups excluding carboxylic acids is 3. The third-order valence-corrected chi connectivity index (χ3v) is 5.14. The van der Waals surface area contributed by atoms with Crippen LogP contribution in [-0.4, -0.2) is 24.6 Å². The van der Waals surface area contributed by atoms with E-state index in [2.05, 4.69) is 21.2 Å². The molecule has 0 spiro atoms. The number of esters is 1. The van der Waals surface area contributed by atoms with Crippen LogP contribution in [0.1, 0.15) is 48.0 Å². The lowest BCUT2D eigenvalue weighted by Gasteiger charge is -2.21. The highest BCUT2D eigenvalue weighted by molar-refractivity contribution is 9.10. The number of carbonyl (C=O) groups is 3. The zero-order chi connectivity index (χ0) is 20.6. The van der Waals surface area contributed by atoms with Gasteiger partial charge >= 0.3 is 5.97 Å². The van der Waals surface area contributed by atoms with Crippen LogP contribution in [0.3, 0.4) is 0 Å². The summed E-state index contributed by atoms with van der Waals surface area (Å²) in [5.41, 5.74) is 0.714. The van der Waals surface area contributed by atoms with Gasteiger partial charge in [0.05, 0.1) is 18.4 Å². The van der Waals surface area contributed by atoms with Crippen LogP contribution in [0.25, 0.3) is 0 Å². The van der Waals surface area contributed by atoms with Gasteiger partial charge in [0, 0.05) is 30.9 Å². The van der Waals surface area contributed by atoms with E-state index in [1.807, 2.05) is 24.3 Å². The standard InChI is InChI=1S/C20H17BrN2O5/c1-10-16-18(17(20(26)28-3)11(2)23(10)27)15(24)8-14(19(16)25)22-9-12-4-6-13(21)7-5-12/h4-8,22H,9H2,1-3H3. The molecule has 1 aliphatic rings. The number of halogens is 1. The molecule has 8 heteroatoms. The Kier molecular flexibility index (Phi) is 5.33. The van der Waals surface area contributed by atoms with Gasteiger partial charge in [-0.1, -0.05) is 28.1 Å². The van der Waals surface area contributed by atoms with Crippen LogP contribution in [0.5, 0.6) is 0 Å². The maximum atomic E-state index is 13.0. The predicted octanol–water partition coefficient (Wildman–Crippen LogP) is 2.54. The number of methoxy groups -OCH3 is 1. The summed E-state index contributed by atoms with van der Waals surface area (Å²) in [5, 5.41) is 15.4. The van der Waals surface area contributed by atoms with Gasteiger partial charge in [-0.15, -0.1) is 0 Å². The Morgan fingerprint density at radius 2 is 1.79 bits per heavy atom. The second-order valence-electron chi connectivity index (χ2n) is 6.31. The van der Waals surface area contributed by atoms with Crippen LogP contribution in [0.15, 0.2) is 40.5 Å². The molecule has 3 rings (SSSR count). The highest BCUT2D eigenvalue weighted by Crippen LogP contribution is 2.27. The first-order chi connectivity index (χ1) is 13.3. The number of ketones is 2. The predicted molar refractivity (Wildman–Crippen MR) is 104 cm³/mol. The summed E-state index contributed by atoms with van der Waals surface area (Å²) in [4.78, 5) is 37.9. The second kappa shape index (κ2) is 7.55. The number of benzene rings is 1. The first kappa shape index (κ1) is 19.8. The fraction of sp³-hybridized carbons (Fsp3) is 0.200. The van der Waals surface area contributed by atoms with Crippen LogP contribution < -0.4 is 10.0 Å². The van der Waals surface area contributed by atoms with Crippen LogP contribution in [0.4, 0.5) is 0 Å². The van der Waals surface area contributed by atoms with Crippen molar-refractivity contribution in [2.45, 2.75) is 20.4 Å². The number of nitrogens with one attached hydrogen (secondary N) is 1. The van der Waals surface area contributed by atoms with E-state index in [0.717, 1.165) is 23.2 Å². The molecule has 0 unspecified atom stereocenters. The quantitative estimate of drug-likeness (QED) is 0.441. The minimum atomic E-state index is -0.834. The molecule has 0 saturated carbocycles. The third kappa shape index (κ3) is 3.31. The Hall–Kier alpha value is -3.00. The van der Waals surface area contributed by atoms with Gasteiger partial charge in [-0.25, -0.2) is 4.79 Å². The van der Waals surface area contributed by atoms with Gasteiger partial charge in [0.25, 0.3) is 0 Å². The number of aromatic nitrogens is 1. The molecular weight excluding hydrogens is 428 g/mol. The van der Waals surface area contributed by atoms with Gasteiger partial charge in [-0.05, 0) is 17.7 Å². The maximum Gasteiger partial charge on any atom is 0.345 e. The molecular formula is C20H17BrN2O5. The van der Waals surface area contributed by atoms with Gasteiger partial charge in [0.2, 0.25) is 17.2 Å². The topological polar surface area (TPSA) is 99.4 Å². The lowest BCUT2D eigenvalue weighted by molar-refractivity contribution is -0.619. The molecule has 0 fully saturated rings. The summed E-state index contributed by atoms with van der Waals surface area (Å²) < 4.78 is 6.11. The number of nitrogens with zero attached hydrogens (tertiary/aromatic N) is 1. The average molecular weight is 445 g/mol. The minimum Gasteiger partial charge on any atom is -0.618 e. The van der Waals surface area contributed by atoms with Crippen molar-refractivity contribution in [3.05, 3.63) is 79.4 Å². The molecule has 144 valence electrons. The molecule has 0 radical (unpaired) electrons. The normalized spacial score (nSPS) is 13.1. The smallest absolute Gasteiger partial charge is 0.345 e. The lowest BCUT2D eigenvalue weighted by Crippen LogP contribution is -2.42. The number of pyridine rings is 1. The van der Waals surface area contributed by atoms with Gasteiger partial charge in [-0.2, -0.15) is 4.73 Å². The summed E-state index contributed by atoms with van der Waals surface area (Å²) in [7, 11) is 1.15. The molecule has 1 aliphatic carbocycles. The van der Waals surface area contributed by atoms with E-state index in [4.69, 9.17) is 4.74 Å². The van der Waals surface area contributed by atoms with Crippen molar-refractivity contribution >= 4 is 33.5 Å². The molecule has 1 N–H and O–H groups in total. The molecule has 0 atom stereocenters. The second-order valence-corrected chi connectivity index (χ2v) is 7.23. The van der Waals surface area contributed by atoms with Crippen LogP contribution in [0, 0.1) is 19.1 Å². The fourth-order valence-corrected chi connectivity index (χ4v) is 3.42. The van der Waals surface area contributed by atoms with Crippen molar-refractivity contribution in [3.8, 4) is 0 Å². The molecule has 1 aromatic heterocycles. The Bertz CT molecular complexity index is 1040. The Balaban J connectivity index is 2.03. The van der Waals surface area contributed by atoms with Gasteiger partial charge < -0.3 is 15.3 Å². The molecule has 0 bridgehead atoms.